The average molecular weight is 315 g/mol. The van der Waals surface area contributed by atoms with E-state index in [4.69, 9.17) is 9.47 Å². The van der Waals surface area contributed by atoms with Crippen LogP contribution >= 0.6 is 0 Å². The molecule has 0 saturated heterocycles. The minimum Gasteiger partial charge on any atom is -0.493 e. The Morgan fingerprint density at radius 3 is 2.30 bits per heavy atom. The third-order valence-corrected chi connectivity index (χ3v) is 6.26. The summed E-state index contributed by atoms with van der Waals surface area (Å²) in [4.78, 5) is 0. The van der Waals surface area contributed by atoms with Crippen molar-refractivity contribution in [2.45, 2.75) is 57.5 Å². The van der Waals surface area contributed by atoms with Crippen molar-refractivity contribution in [2.75, 3.05) is 13.7 Å². The van der Waals surface area contributed by atoms with Gasteiger partial charge < -0.3 is 14.8 Å². The van der Waals surface area contributed by atoms with Gasteiger partial charge in [-0.15, -0.1) is 0 Å². The number of nitrogens with one attached hydrogen (secondary N) is 1. The molecule has 0 unspecified atom stereocenters. The molecule has 4 bridgehead atoms. The van der Waals surface area contributed by atoms with E-state index in [0.717, 1.165) is 35.8 Å². The van der Waals surface area contributed by atoms with Crippen LogP contribution in [-0.2, 0) is 6.54 Å². The van der Waals surface area contributed by atoms with Crippen molar-refractivity contribution >= 4 is 0 Å². The Balaban J connectivity index is 1.51. The first-order valence-electron chi connectivity index (χ1n) is 9.25. The molecule has 0 heterocycles. The van der Waals surface area contributed by atoms with Crippen molar-refractivity contribution in [3.8, 4) is 11.5 Å². The van der Waals surface area contributed by atoms with E-state index in [1.54, 1.807) is 7.11 Å². The normalized spacial score (nSPS) is 34.6. The molecule has 0 atom stereocenters. The van der Waals surface area contributed by atoms with Crippen LogP contribution in [0.5, 0.6) is 11.5 Å². The van der Waals surface area contributed by atoms with Gasteiger partial charge in [0.1, 0.15) is 0 Å². The Labute approximate surface area is 139 Å². The molecule has 1 aromatic rings. The summed E-state index contributed by atoms with van der Waals surface area (Å²) >= 11 is 0. The van der Waals surface area contributed by atoms with E-state index in [1.165, 1.54) is 44.1 Å². The van der Waals surface area contributed by atoms with E-state index >= 15 is 0 Å². The topological polar surface area (TPSA) is 30.5 Å². The number of para-hydroxylation sites is 1. The zero-order chi connectivity index (χ0) is 15.9. The first kappa shape index (κ1) is 15.3. The summed E-state index contributed by atoms with van der Waals surface area (Å²) in [6.07, 6.45) is 8.62. The van der Waals surface area contributed by atoms with Gasteiger partial charge in [-0.05, 0) is 69.3 Å². The van der Waals surface area contributed by atoms with Crippen LogP contribution in [0.25, 0.3) is 0 Å². The van der Waals surface area contributed by atoms with Crippen molar-refractivity contribution in [1.29, 1.82) is 0 Å². The molecular weight excluding hydrogens is 286 g/mol. The fraction of sp³-hybridized carbons (Fsp3) is 0.700. The van der Waals surface area contributed by atoms with Crippen LogP contribution in [0, 0.1) is 17.8 Å². The number of methoxy groups -OCH3 is 1. The molecule has 23 heavy (non-hydrogen) atoms. The van der Waals surface area contributed by atoms with Gasteiger partial charge in [-0.25, -0.2) is 0 Å². The molecule has 0 spiro atoms. The van der Waals surface area contributed by atoms with E-state index in [1.807, 2.05) is 13.0 Å². The summed E-state index contributed by atoms with van der Waals surface area (Å²) in [7, 11) is 1.72. The number of hydrogen-bond donors (Lipinski definition) is 1. The van der Waals surface area contributed by atoms with E-state index in [-0.39, 0.29) is 0 Å². The molecule has 0 radical (unpaired) electrons. The first-order valence-corrected chi connectivity index (χ1v) is 9.25. The molecule has 3 heteroatoms. The summed E-state index contributed by atoms with van der Waals surface area (Å²) in [5.74, 6) is 4.69. The maximum absolute atomic E-state index is 5.87. The minimum absolute atomic E-state index is 0.390. The van der Waals surface area contributed by atoms with Crippen molar-refractivity contribution < 1.29 is 9.47 Å². The van der Waals surface area contributed by atoms with Crippen molar-refractivity contribution in [2.24, 2.45) is 17.8 Å². The highest BCUT2D eigenvalue weighted by Crippen LogP contribution is 2.55. The highest BCUT2D eigenvalue weighted by Gasteiger charge is 2.50. The highest BCUT2D eigenvalue weighted by molar-refractivity contribution is 5.46. The Kier molecular flexibility index (Phi) is 4.00. The minimum atomic E-state index is 0.390. The van der Waals surface area contributed by atoms with E-state index in [2.05, 4.69) is 17.4 Å². The lowest BCUT2D eigenvalue weighted by Gasteiger charge is -2.57. The van der Waals surface area contributed by atoms with E-state index in [9.17, 15) is 0 Å². The number of hydrogen-bond acceptors (Lipinski definition) is 3. The van der Waals surface area contributed by atoms with Crippen molar-refractivity contribution in [3.63, 3.8) is 0 Å². The lowest BCUT2D eigenvalue weighted by Crippen LogP contribution is -2.58. The molecule has 4 aliphatic carbocycles. The van der Waals surface area contributed by atoms with Crippen LogP contribution < -0.4 is 14.8 Å². The largest absolute Gasteiger partial charge is 0.493 e. The molecule has 1 N–H and O–H groups in total. The molecular formula is C20H29NO2. The lowest BCUT2D eigenvalue weighted by atomic mass is 9.53. The van der Waals surface area contributed by atoms with Gasteiger partial charge in [-0.1, -0.05) is 12.1 Å². The Bertz CT molecular complexity index is 533. The summed E-state index contributed by atoms with van der Waals surface area (Å²) in [6.45, 7) is 3.59. The second kappa shape index (κ2) is 6.01. The van der Waals surface area contributed by atoms with Crippen molar-refractivity contribution in [1.82, 2.24) is 5.32 Å². The smallest absolute Gasteiger partial charge is 0.165 e. The van der Waals surface area contributed by atoms with Crippen LogP contribution in [0.2, 0.25) is 0 Å². The Morgan fingerprint density at radius 1 is 1.09 bits per heavy atom. The summed E-state index contributed by atoms with van der Waals surface area (Å²) in [6, 6.07) is 6.22. The van der Waals surface area contributed by atoms with E-state index < -0.39 is 0 Å². The molecule has 1 aromatic carbocycles. The summed E-state index contributed by atoms with van der Waals surface area (Å²) in [5, 5.41) is 3.96. The monoisotopic (exact) mass is 315 g/mol. The number of benzene rings is 1. The fourth-order valence-corrected chi connectivity index (χ4v) is 5.78. The maximum Gasteiger partial charge on any atom is 0.165 e. The van der Waals surface area contributed by atoms with Gasteiger partial charge in [0.15, 0.2) is 11.5 Å². The fourth-order valence-electron chi connectivity index (χ4n) is 5.78. The quantitative estimate of drug-likeness (QED) is 0.855. The Hall–Kier alpha value is -1.22. The molecule has 3 nitrogen and oxygen atoms in total. The average Bonchev–Trinajstić information content (AvgIpc) is 2.53. The van der Waals surface area contributed by atoms with Gasteiger partial charge in [0.05, 0.1) is 13.7 Å². The molecule has 0 amide bonds. The summed E-state index contributed by atoms with van der Waals surface area (Å²) < 4.78 is 11.3. The predicted octanol–water partition coefficient (Wildman–Crippen LogP) is 4.15. The third kappa shape index (κ3) is 2.84. The van der Waals surface area contributed by atoms with Crippen LogP contribution in [0.15, 0.2) is 18.2 Å². The molecule has 0 aliphatic heterocycles. The van der Waals surface area contributed by atoms with Crippen LogP contribution in [0.3, 0.4) is 0 Å². The zero-order valence-electron chi connectivity index (χ0n) is 14.4. The van der Waals surface area contributed by atoms with Gasteiger partial charge in [-0.2, -0.15) is 0 Å². The lowest BCUT2D eigenvalue weighted by molar-refractivity contribution is -0.0206. The van der Waals surface area contributed by atoms with E-state index in [0.29, 0.717) is 12.1 Å². The SMILES string of the molecule is CCOc1c(CNC23CC4CC(CC(C4)C2)C3)cccc1OC. The number of rotatable bonds is 6. The van der Waals surface area contributed by atoms with Crippen molar-refractivity contribution in [3.05, 3.63) is 23.8 Å². The molecule has 5 rings (SSSR count). The first-order chi connectivity index (χ1) is 11.2. The predicted molar refractivity (Wildman–Crippen MR) is 91.9 cm³/mol. The van der Waals surface area contributed by atoms with Gasteiger partial charge in [0, 0.05) is 17.6 Å². The van der Waals surface area contributed by atoms with Gasteiger partial charge in [-0.3, -0.25) is 0 Å². The second-order valence-electron chi connectivity index (χ2n) is 7.93. The summed E-state index contributed by atoms with van der Waals surface area (Å²) in [5.41, 5.74) is 1.61. The molecule has 4 fully saturated rings. The molecule has 126 valence electrons. The number of ether oxygens (including phenoxy) is 2. The van der Waals surface area contributed by atoms with Crippen LogP contribution in [0.4, 0.5) is 0 Å². The Morgan fingerprint density at radius 2 is 1.74 bits per heavy atom. The third-order valence-electron chi connectivity index (χ3n) is 6.26. The van der Waals surface area contributed by atoms with Crippen LogP contribution in [0.1, 0.15) is 51.0 Å². The van der Waals surface area contributed by atoms with Gasteiger partial charge in [0.25, 0.3) is 0 Å². The molecule has 0 aromatic heterocycles. The second-order valence-corrected chi connectivity index (χ2v) is 7.93. The van der Waals surface area contributed by atoms with Gasteiger partial charge in [0.2, 0.25) is 0 Å². The van der Waals surface area contributed by atoms with Crippen LogP contribution in [-0.4, -0.2) is 19.3 Å². The highest BCUT2D eigenvalue weighted by atomic mass is 16.5. The molecule has 4 saturated carbocycles. The van der Waals surface area contributed by atoms with Gasteiger partial charge >= 0.3 is 0 Å². The standard InChI is InChI=1S/C20H29NO2/c1-3-23-19-17(5-4-6-18(19)22-2)13-21-20-10-14-7-15(11-20)9-16(8-14)12-20/h4-6,14-16,21H,3,7-13H2,1-2H3. The zero-order valence-corrected chi connectivity index (χ0v) is 14.4. The maximum atomic E-state index is 5.87. The molecule has 4 aliphatic rings.